The van der Waals surface area contributed by atoms with Crippen LogP contribution in [0.2, 0.25) is 0 Å². The van der Waals surface area contributed by atoms with Crippen molar-refractivity contribution in [1.29, 1.82) is 0 Å². The maximum atomic E-state index is 13.5. The van der Waals surface area contributed by atoms with Crippen LogP contribution in [0.3, 0.4) is 0 Å². The molecule has 1 saturated carbocycles. The van der Waals surface area contributed by atoms with E-state index in [-0.39, 0.29) is 17.3 Å². The molecule has 2 fully saturated rings. The van der Waals surface area contributed by atoms with Crippen molar-refractivity contribution in [1.82, 2.24) is 5.32 Å². The van der Waals surface area contributed by atoms with Gasteiger partial charge in [0.25, 0.3) is 0 Å². The summed E-state index contributed by atoms with van der Waals surface area (Å²) >= 11 is 0. The van der Waals surface area contributed by atoms with Gasteiger partial charge in [-0.3, -0.25) is 0 Å². The van der Waals surface area contributed by atoms with Crippen molar-refractivity contribution in [2.24, 2.45) is 5.41 Å². The molecule has 1 aliphatic carbocycles. The summed E-state index contributed by atoms with van der Waals surface area (Å²) in [6.07, 6.45) is 4.78. The Morgan fingerprint density at radius 2 is 2.20 bits per heavy atom. The van der Waals surface area contributed by atoms with Crippen LogP contribution in [-0.2, 0) is 11.2 Å². The van der Waals surface area contributed by atoms with E-state index in [0.717, 1.165) is 31.6 Å². The Labute approximate surface area is 120 Å². The lowest BCUT2D eigenvalue weighted by molar-refractivity contribution is 0.0627. The minimum Gasteiger partial charge on any atom is -0.378 e. The van der Waals surface area contributed by atoms with E-state index in [1.807, 2.05) is 6.07 Å². The predicted molar refractivity (Wildman–Crippen MR) is 78.3 cm³/mol. The maximum Gasteiger partial charge on any atom is 0.123 e. The fourth-order valence-corrected chi connectivity index (χ4v) is 3.19. The molecular weight excluding hydrogens is 253 g/mol. The van der Waals surface area contributed by atoms with Gasteiger partial charge in [0.15, 0.2) is 0 Å². The summed E-state index contributed by atoms with van der Waals surface area (Å²) in [5.74, 6) is -0.137. The van der Waals surface area contributed by atoms with Crippen molar-refractivity contribution >= 4 is 0 Å². The zero-order valence-corrected chi connectivity index (χ0v) is 12.4. The Bertz CT molecular complexity index is 486. The minimum atomic E-state index is -0.137. The summed E-state index contributed by atoms with van der Waals surface area (Å²) < 4.78 is 19.4. The Morgan fingerprint density at radius 1 is 1.40 bits per heavy atom. The van der Waals surface area contributed by atoms with E-state index < -0.39 is 0 Å². The molecule has 0 aromatic heterocycles. The lowest BCUT2D eigenvalue weighted by Gasteiger charge is -2.33. The molecule has 1 saturated heterocycles. The Morgan fingerprint density at radius 3 is 2.85 bits per heavy atom. The lowest BCUT2D eigenvalue weighted by atomic mass is 9.75. The van der Waals surface area contributed by atoms with Crippen molar-refractivity contribution in [3.8, 4) is 0 Å². The van der Waals surface area contributed by atoms with Crippen LogP contribution in [-0.4, -0.2) is 25.3 Å². The summed E-state index contributed by atoms with van der Waals surface area (Å²) in [5.41, 5.74) is 2.41. The molecule has 20 heavy (non-hydrogen) atoms. The number of hydrogen-bond acceptors (Lipinski definition) is 2. The molecule has 1 N–H and O–H groups in total. The SMILES string of the molecule is Cc1ccc(F)cc1CC1(CNC2CC2)CCOC1C. The van der Waals surface area contributed by atoms with Gasteiger partial charge >= 0.3 is 0 Å². The van der Waals surface area contributed by atoms with E-state index in [4.69, 9.17) is 4.74 Å². The summed E-state index contributed by atoms with van der Waals surface area (Å²) in [6.45, 7) is 6.03. The van der Waals surface area contributed by atoms with Gasteiger partial charge in [0.05, 0.1) is 6.10 Å². The lowest BCUT2D eigenvalue weighted by Crippen LogP contribution is -2.42. The van der Waals surface area contributed by atoms with Crippen molar-refractivity contribution in [3.63, 3.8) is 0 Å². The van der Waals surface area contributed by atoms with E-state index >= 15 is 0 Å². The molecule has 3 rings (SSSR count). The first-order valence-electron chi connectivity index (χ1n) is 7.69. The Balaban J connectivity index is 1.79. The third-order valence-electron chi connectivity index (χ3n) is 5.00. The maximum absolute atomic E-state index is 13.5. The number of halogens is 1. The zero-order chi connectivity index (χ0) is 14.2. The predicted octanol–water partition coefficient (Wildman–Crippen LogP) is 3.22. The van der Waals surface area contributed by atoms with Gasteiger partial charge in [0, 0.05) is 24.6 Å². The quantitative estimate of drug-likeness (QED) is 0.892. The minimum absolute atomic E-state index is 0.112. The third kappa shape index (κ3) is 2.89. The van der Waals surface area contributed by atoms with Crippen LogP contribution in [0.4, 0.5) is 4.39 Å². The van der Waals surface area contributed by atoms with E-state index in [2.05, 4.69) is 19.2 Å². The van der Waals surface area contributed by atoms with Crippen molar-refractivity contribution in [2.75, 3.05) is 13.2 Å². The van der Waals surface area contributed by atoms with Crippen LogP contribution in [0.25, 0.3) is 0 Å². The molecule has 2 unspecified atom stereocenters. The fourth-order valence-electron chi connectivity index (χ4n) is 3.19. The molecular formula is C17H24FNO. The van der Waals surface area contributed by atoms with Gasteiger partial charge in [-0.1, -0.05) is 6.07 Å². The van der Waals surface area contributed by atoms with Gasteiger partial charge in [-0.05, 0) is 62.8 Å². The molecule has 2 atom stereocenters. The molecule has 1 aromatic rings. The average molecular weight is 277 g/mol. The van der Waals surface area contributed by atoms with Gasteiger partial charge < -0.3 is 10.1 Å². The number of ether oxygens (including phenoxy) is 1. The van der Waals surface area contributed by atoms with Crippen LogP contribution in [0, 0.1) is 18.2 Å². The summed E-state index contributed by atoms with van der Waals surface area (Å²) in [4.78, 5) is 0. The highest BCUT2D eigenvalue weighted by Crippen LogP contribution is 2.39. The van der Waals surface area contributed by atoms with Gasteiger partial charge in [-0.25, -0.2) is 4.39 Å². The summed E-state index contributed by atoms with van der Waals surface area (Å²) in [7, 11) is 0. The van der Waals surface area contributed by atoms with Gasteiger partial charge in [0.2, 0.25) is 0 Å². The van der Waals surface area contributed by atoms with Crippen molar-refractivity contribution in [2.45, 2.75) is 51.7 Å². The monoisotopic (exact) mass is 277 g/mol. The van der Waals surface area contributed by atoms with E-state index in [1.165, 1.54) is 18.4 Å². The normalized spacial score (nSPS) is 29.9. The molecule has 0 amide bonds. The first kappa shape index (κ1) is 14.0. The fraction of sp³-hybridized carbons (Fsp3) is 0.647. The first-order chi connectivity index (χ1) is 9.59. The van der Waals surface area contributed by atoms with Crippen LogP contribution < -0.4 is 5.32 Å². The molecule has 0 bridgehead atoms. The van der Waals surface area contributed by atoms with E-state index in [1.54, 1.807) is 12.1 Å². The molecule has 110 valence electrons. The number of benzene rings is 1. The van der Waals surface area contributed by atoms with Crippen LogP contribution >= 0.6 is 0 Å². The van der Waals surface area contributed by atoms with Crippen molar-refractivity contribution < 1.29 is 9.13 Å². The van der Waals surface area contributed by atoms with Gasteiger partial charge in [-0.15, -0.1) is 0 Å². The second-order valence-electron chi connectivity index (χ2n) is 6.53. The van der Waals surface area contributed by atoms with Crippen LogP contribution in [0.5, 0.6) is 0 Å². The summed E-state index contributed by atoms with van der Waals surface area (Å²) in [6, 6.07) is 5.82. The third-order valence-corrected chi connectivity index (χ3v) is 5.00. The molecule has 1 heterocycles. The Hall–Kier alpha value is -0.930. The number of nitrogens with one attached hydrogen (secondary N) is 1. The van der Waals surface area contributed by atoms with Crippen LogP contribution in [0.1, 0.15) is 37.3 Å². The smallest absolute Gasteiger partial charge is 0.123 e. The second-order valence-corrected chi connectivity index (χ2v) is 6.53. The molecule has 2 aliphatic rings. The topological polar surface area (TPSA) is 21.3 Å². The standard InChI is InChI=1S/C17H24FNO/c1-12-3-4-15(18)9-14(12)10-17(7-8-20-13(17)2)11-19-16-5-6-16/h3-4,9,13,16,19H,5-8,10-11H2,1-2H3. The van der Waals surface area contributed by atoms with Gasteiger partial charge in [0.1, 0.15) is 5.82 Å². The highest BCUT2D eigenvalue weighted by atomic mass is 19.1. The molecule has 2 nitrogen and oxygen atoms in total. The number of hydrogen-bond donors (Lipinski definition) is 1. The molecule has 3 heteroatoms. The van der Waals surface area contributed by atoms with Crippen LogP contribution in [0.15, 0.2) is 18.2 Å². The number of rotatable bonds is 5. The summed E-state index contributed by atoms with van der Waals surface area (Å²) in [5, 5.41) is 3.65. The highest BCUT2D eigenvalue weighted by Gasteiger charge is 2.42. The van der Waals surface area contributed by atoms with E-state index in [0.29, 0.717) is 6.04 Å². The molecule has 0 radical (unpaired) electrons. The number of aryl methyl sites for hydroxylation is 1. The molecule has 1 aromatic carbocycles. The Kier molecular flexibility index (Phi) is 3.83. The highest BCUT2D eigenvalue weighted by molar-refractivity contribution is 5.28. The second kappa shape index (κ2) is 5.45. The molecule has 0 spiro atoms. The van der Waals surface area contributed by atoms with E-state index in [9.17, 15) is 4.39 Å². The largest absolute Gasteiger partial charge is 0.378 e. The van der Waals surface area contributed by atoms with Gasteiger partial charge in [-0.2, -0.15) is 0 Å². The zero-order valence-electron chi connectivity index (χ0n) is 12.4. The average Bonchev–Trinajstić information content (AvgIpc) is 3.18. The first-order valence-corrected chi connectivity index (χ1v) is 7.69. The van der Waals surface area contributed by atoms with Crippen molar-refractivity contribution in [3.05, 3.63) is 35.1 Å². The molecule has 1 aliphatic heterocycles.